The Kier molecular flexibility index (Phi) is 3.72. The van der Waals surface area contributed by atoms with Gasteiger partial charge in [-0.15, -0.1) is 0 Å². The van der Waals surface area contributed by atoms with Crippen LogP contribution < -0.4 is 11.2 Å². The van der Waals surface area contributed by atoms with Crippen LogP contribution in [0.3, 0.4) is 0 Å². The van der Waals surface area contributed by atoms with Gasteiger partial charge in [0.2, 0.25) is 0 Å². The Balaban J connectivity index is 2.34. The molecule has 1 heterocycles. The molecule has 68 valence electrons. The van der Waals surface area contributed by atoms with Gasteiger partial charge in [-0.1, -0.05) is 6.08 Å². The predicted octanol–water partition coefficient (Wildman–Crippen LogP) is 1.42. The minimum atomic E-state index is -0.666. The van der Waals surface area contributed by atoms with Crippen LogP contribution in [0.5, 0.6) is 0 Å². The van der Waals surface area contributed by atoms with E-state index >= 15 is 0 Å². The molecule has 0 bridgehead atoms. The number of nitrogens with two attached hydrogens (primary N) is 1. The van der Waals surface area contributed by atoms with Gasteiger partial charge in [-0.05, 0) is 28.5 Å². The summed E-state index contributed by atoms with van der Waals surface area (Å²) in [6.45, 7) is 0. The number of carbonyl (C=O) groups excluding carboxylic acids is 1. The zero-order valence-electron chi connectivity index (χ0n) is 6.81. The molecule has 0 unspecified atom stereocenters. The molecule has 0 aliphatic heterocycles. The van der Waals surface area contributed by atoms with Crippen molar-refractivity contribution in [3.05, 3.63) is 28.5 Å². The van der Waals surface area contributed by atoms with Crippen LogP contribution in [0.25, 0.3) is 6.08 Å². The number of nitrogens with one attached hydrogen (secondary N) is 1. The van der Waals surface area contributed by atoms with E-state index in [1.165, 1.54) is 6.21 Å². The van der Waals surface area contributed by atoms with E-state index in [2.05, 4.69) is 10.5 Å². The van der Waals surface area contributed by atoms with E-state index in [0.29, 0.717) is 0 Å². The minimum Gasteiger partial charge on any atom is -0.350 e. The van der Waals surface area contributed by atoms with Crippen LogP contribution in [-0.2, 0) is 0 Å². The Bertz CT molecular complexity index is 316. The van der Waals surface area contributed by atoms with Crippen LogP contribution in [0.4, 0.5) is 4.79 Å². The number of amides is 2. The number of allylic oxidation sites excluding steroid dienone is 1. The Morgan fingerprint density at radius 3 is 3.15 bits per heavy atom. The van der Waals surface area contributed by atoms with Crippen molar-refractivity contribution in [2.75, 3.05) is 0 Å². The van der Waals surface area contributed by atoms with Gasteiger partial charge in [0.25, 0.3) is 0 Å². The lowest BCUT2D eigenvalue weighted by atomic mass is 10.3. The predicted molar refractivity (Wildman–Crippen MR) is 54.6 cm³/mol. The molecular weight excluding hydrogens is 186 g/mol. The number of primary amides is 1. The van der Waals surface area contributed by atoms with Crippen LogP contribution in [-0.4, -0.2) is 12.2 Å². The Labute approximate surface area is 79.8 Å². The summed E-state index contributed by atoms with van der Waals surface area (Å²) in [6.07, 6.45) is 5.06. The maximum Gasteiger partial charge on any atom is 0.332 e. The first-order valence-electron chi connectivity index (χ1n) is 3.56. The van der Waals surface area contributed by atoms with E-state index in [9.17, 15) is 4.79 Å². The Morgan fingerprint density at radius 2 is 2.54 bits per heavy atom. The van der Waals surface area contributed by atoms with Crippen molar-refractivity contribution < 1.29 is 4.79 Å². The quantitative estimate of drug-likeness (QED) is 0.555. The lowest BCUT2D eigenvalue weighted by Crippen LogP contribution is -2.24. The number of urea groups is 1. The average molecular weight is 195 g/mol. The van der Waals surface area contributed by atoms with Crippen LogP contribution in [0.2, 0.25) is 0 Å². The van der Waals surface area contributed by atoms with Crippen molar-refractivity contribution in [2.24, 2.45) is 10.8 Å². The van der Waals surface area contributed by atoms with Crippen LogP contribution in [0.1, 0.15) is 5.56 Å². The number of nitrogens with zero attached hydrogens (tertiary/aromatic N) is 1. The fraction of sp³-hybridized carbons (Fsp3) is 0. The molecule has 2 amide bonds. The lowest BCUT2D eigenvalue weighted by Gasteiger charge is -1.86. The second kappa shape index (κ2) is 5.10. The zero-order chi connectivity index (χ0) is 9.52. The maximum absolute atomic E-state index is 10.2. The van der Waals surface area contributed by atoms with Gasteiger partial charge < -0.3 is 5.73 Å². The SMILES string of the molecule is NC(=O)N/N=C/C=C/c1ccsc1. The summed E-state index contributed by atoms with van der Waals surface area (Å²) in [4.78, 5) is 10.2. The number of rotatable bonds is 3. The lowest BCUT2D eigenvalue weighted by molar-refractivity contribution is 0.249. The minimum absolute atomic E-state index is 0.666. The van der Waals surface area contributed by atoms with E-state index in [0.717, 1.165) is 5.56 Å². The highest BCUT2D eigenvalue weighted by Gasteiger charge is 1.83. The Morgan fingerprint density at radius 1 is 1.69 bits per heavy atom. The molecule has 0 saturated heterocycles. The van der Waals surface area contributed by atoms with E-state index in [-0.39, 0.29) is 0 Å². The molecule has 1 rings (SSSR count). The largest absolute Gasteiger partial charge is 0.350 e. The maximum atomic E-state index is 10.2. The van der Waals surface area contributed by atoms with Crippen molar-refractivity contribution in [3.63, 3.8) is 0 Å². The van der Waals surface area contributed by atoms with Gasteiger partial charge in [0, 0.05) is 6.21 Å². The smallest absolute Gasteiger partial charge is 0.332 e. The van der Waals surface area contributed by atoms with Crippen molar-refractivity contribution in [1.29, 1.82) is 0 Å². The third-order valence-electron chi connectivity index (χ3n) is 1.17. The molecule has 1 aromatic heterocycles. The number of carbonyl (C=O) groups is 1. The second-order valence-electron chi connectivity index (χ2n) is 2.17. The summed E-state index contributed by atoms with van der Waals surface area (Å²) >= 11 is 1.62. The highest BCUT2D eigenvalue weighted by atomic mass is 32.1. The van der Waals surface area contributed by atoms with E-state index in [1.807, 2.05) is 22.9 Å². The topological polar surface area (TPSA) is 67.5 Å². The molecule has 0 aliphatic rings. The summed E-state index contributed by atoms with van der Waals surface area (Å²) in [5, 5.41) is 7.53. The highest BCUT2D eigenvalue weighted by molar-refractivity contribution is 7.08. The third-order valence-corrected chi connectivity index (χ3v) is 1.87. The molecule has 4 nitrogen and oxygen atoms in total. The van der Waals surface area contributed by atoms with Crippen molar-refractivity contribution in [2.45, 2.75) is 0 Å². The molecule has 3 N–H and O–H groups in total. The standard InChI is InChI=1S/C8H9N3OS/c9-8(12)11-10-4-1-2-7-3-5-13-6-7/h1-6H,(H3,9,11,12)/b2-1+,10-4+. The van der Waals surface area contributed by atoms with Crippen molar-refractivity contribution in [3.8, 4) is 0 Å². The summed E-state index contributed by atoms with van der Waals surface area (Å²) < 4.78 is 0. The molecule has 0 aliphatic carbocycles. The molecule has 0 radical (unpaired) electrons. The van der Waals surface area contributed by atoms with Gasteiger partial charge in [0.05, 0.1) is 0 Å². The van der Waals surface area contributed by atoms with Crippen molar-refractivity contribution in [1.82, 2.24) is 5.43 Å². The summed E-state index contributed by atoms with van der Waals surface area (Å²) in [6, 6.07) is 1.32. The van der Waals surface area contributed by atoms with E-state index < -0.39 is 6.03 Å². The van der Waals surface area contributed by atoms with Gasteiger partial charge >= 0.3 is 6.03 Å². The average Bonchev–Trinajstić information content (AvgIpc) is 2.55. The molecular formula is C8H9N3OS. The molecule has 0 fully saturated rings. The van der Waals surface area contributed by atoms with Crippen LogP contribution in [0.15, 0.2) is 28.0 Å². The van der Waals surface area contributed by atoms with E-state index in [1.54, 1.807) is 17.4 Å². The fourth-order valence-corrected chi connectivity index (χ4v) is 1.30. The molecule has 13 heavy (non-hydrogen) atoms. The summed E-state index contributed by atoms with van der Waals surface area (Å²) in [5.74, 6) is 0. The van der Waals surface area contributed by atoms with Crippen molar-refractivity contribution >= 4 is 29.7 Å². The van der Waals surface area contributed by atoms with Crippen LogP contribution >= 0.6 is 11.3 Å². The van der Waals surface area contributed by atoms with Gasteiger partial charge in [-0.25, -0.2) is 10.2 Å². The summed E-state index contributed by atoms with van der Waals surface area (Å²) in [5.41, 5.74) is 7.98. The molecule has 1 aromatic rings. The molecule has 0 saturated carbocycles. The first kappa shape index (κ1) is 9.47. The first-order valence-corrected chi connectivity index (χ1v) is 4.50. The van der Waals surface area contributed by atoms with E-state index in [4.69, 9.17) is 5.73 Å². The number of hydrazone groups is 1. The van der Waals surface area contributed by atoms with Gasteiger partial charge in [0.1, 0.15) is 0 Å². The second-order valence-corrected chi connectivity index (χ2v) is 2.95. The third kappa shape index (κ3) is 4.07. The molecule has 0 spiro atoms. The first-order chi connectivity index (χ1) is 6.29. The molecule has 5 heteroatoms. The van der Waals surface area contributed by atoms with Gasteiger partial charge in [-0.2, -0.15) is 16.4 Å². The van der Waals surface area contributed by atoms with Gasteiger partial charge in [-0.3, -0.25) is 0 Å². The zero-order valence-corrected chi connectivity index (χ0v) is 7.62. The Hall–Kier alpha value is -1.62. The molecule has 0 atom stereocenters. The van der Waals surface area contributed by atoms with Gasteiger partial charge in [0.15, 0.2) is 0 Å². The monoisotopic (exact) mass is 195 g/mol. The number of hydrogen-bond donors (Lipinski definition) is 2. The van der Waals surface area contributed by atoms with Crippen LogP contribution in [0, 0.1) is 0 Å². The summed E-state index contributed by atoms with van der Waals surface area (Å²) in [7, 11) is 0. The number of thiophene rings is 1. The fourth-order valence-electron chi connectivity index (χ4n) is 0.668. The number of hydrogen-bond acceptors (Lipinski definition) is 3. The highest BCUT2D eigenvalue weighted by Crippen LogP contribution is 2.06. The normalized spacial score (nSPS) is 11.1. The molecule has 0 aromatic carbocycles.